The normalized spacial score (nSPS) is 16.4. The van der Waals surface area contributed by atoms with Gasteiger partial charge in [-0.1, -0.05) is 22.0 Å². The number of nitrogens with zero attached hydrogens (tertiary/aromatic N) is 2. The van der Waals surface area contributed by atoms with Crippen LogP contribution in [0.5, 0.6) is 0 Å². The smallest absolute Gasteiger partial charge is 0.329 e. The topological polar surface area (TPSA) is 114 Å². The predicted molar refractivity (Wildman–Crippen MR) is 106 cm³/mol. The number of aromatic amines is 1. The van der Waals surface area contributed by atoms with Crippen molar-refractivity contribution in [1.82, 2.24) is 20.2 Å². The molecule has 0 saturated carbocycles. The van der Waals surface area contributed by atoms with E-state index in [1.54, 1.807) is 12.1 Å². The van der Waals surface area contributed by atoms with E-state index in [0.29, 0.717) is 16.6 Å². The maximum absolute atomic E-state index is 14.8. The molecular formula is C19H20BrFN4O5. The van der Waals surface area contributed by atoms with Crippen molar-refractivity contribution < 1.29 is 28.2 Å². The third-order valence-electron chi connectivity index (χ3n) is 4.82. The van der Waals surface area contributed by atoms with Crippen molar-refractivity contribution in [2.75, 3.05) is 20.8 Å². The lowest BCUT2D eigenvalue weighted by Crippen LogP contribution is -2.52. The lowest BCUT2D eigenvalue weighted by Gasteiger charge is -2.36. The fourth-order valence-corrected chi connectivity index (χ4v) is 3.68. The molecule has 2 heterocycles. The van der Waals surface area contributed by atoms with Gasteiger partial charge in [-0.3, -0.25) is 4.79 Å². The van der Waals surface area contributed by atoms with Crippen molar-refractivity contribution in [2.45, 2.75) is 24.9 Å². The van der Waals surface area contributed by atoms with Gasteiger partial charge in [0.15, 0.2) is 0 Å². The molecule has 0 radical (unpaired) electrons. The first-order valence-electron chi connectivity index (χ1n) is 9.04. The number of rotatable bonds is 5. The zero-order valence-corrected chi connectivity index (χ0v) is 17.9. The van der Waals surface area contributed by atoms with Crippen molar-refractivity contribution in [3.8, 4) is 0 Å². The summed E-state index contributed by atoms with van der Waals surface area (Å²) in [6, 6.07) is 1.83. The van der Waals surface area contributed by atoms with Crippen LogP contribution in [-0.2, 0) is 25.5 Å². The molecule has 1 aliphatic rings. The molecule has 1 aromatic carbocycles. The van der Waals surface area contributed by atoms with Crippen LogP contribution in [0.25, 0.3) is 0 Å². The molecule has 2 aromatic rings. The van der Waals surface area contributed by atoms with Gasteiger partial charge in [0.05, 0.1) is 32.7 Å². The van der Waals surface area contributed by atoms with Crippen LogP contribution in [0, 0.1) is 5.82 Å². The van der Waals surface area contributed by atoms with E-state index in [4.69, 9.17) is 0 Å². The highest BCUT2D eigenvalue weighted by Crippen LogP contribution is 2.35. The molecule has 0 saturated heterocycles. The average molecular weight is 483 g/mol. The maximum Gasteiger partial charge on any atom is 0.329 e. The van der Waals surface area contributed by atoms with Gasteiger partial charge >= 0.3 is 18.0 Å². The summed E-state index contributed by atoms with van der Waals surface area (Å²) in [5.74, 6) is -1.99. The maximum atomic E-state index is 14.8. The van der Waals surface area contributed by atoms with E-state index in [1.807, 2.05) is 0 Å². The number of fused-ring (bicyclic) bond motifs is 1. The van der Waals surface area contributed by atoms with Crippen molar-refractivity contribution >= 4 is 33.9 Å². The molecule has 0 aliphatic carbocycles. The number of imidazole rings is 1. The van der Waals surface area contributed by atoms with Crippen LogP contribution in [0.2, 0.25) is 0 Å². The van der Waals surface area contributed by atoms with Crippen molar-refractivity contribution in [1.29, 1.82) is 0 Å². The van der Waals surface area contributed by atoms with Crippen LogP contribution < -0.4 is 5.32 Å². The minimum atomic E-state index is -1.24. The monoisotopic (exact) mass is 482 g/mol. The zero-order chi connectivity index (χ0) is 21.8. The summed E-state index contributed by atoms with van der Waals surface area (Å²) in [6.07, 6.45) is 1.56. The van der Waals surface area contributed by atoms with Gasteiger partial charge in [-0.15, -0.1) is 0 Å². The minimum Gasteiger partial charge on any atom is -0.469 e. The van der Waals surface area contributed by atoms with E-state index in [-0.39, 0.29) is 12.1 Å². The number of aromatic nitrogens is 2. The van der Waals surface area contributed by atoms with Gasteiger partial charge in [0, 0.05) is 28.7 Å². The number of H-pyrrole nitrogens is 1. The third-order valence-corrected chi connectivity index (χ3v) is 5.32. The number of benzene rings is 1. The molecule has 160 valence electrons. The van der Waals surface area contributed by atoms with E-state index in [9.17, 15) is 18.8 Å². The summed E-state index contributed by atoms with van der Waals surface area (Å²) < 4.78 is 24.6. The van der Waals surface area contributed by atoms with Crippen molar-refractivity contribution in [3.05, 3.63) is 51.8 Å². The average Bonchev–Trinajstić information content (AvgIpc) is 3.21. The molecule has 0 fully saturated rings. The summed E-state index contributed by atoms with van der Waals surface area (Å²) in [6.45, 7) is 0.243. The molecule has 1 aliphatic heterocycles. The van der Waals surface area contributed by atoms with Gasteiger partial charge in [-0.25, -0.2) is 19.0 Å². The van der Waals surface area contributed by atoms with Crippen LogP contribution in [0.1, 0.15) is 29.4 Å². The number of hydrogen-bond donors (Lipinski definition) is 2. The second-order valence-electron chi connectivity index (χ2n) is 6.58. The third kappa shape index (κ3) is 4.45. The van der Waals surface area contributed by atoms with E-state index < -0.39 is 42.3 Å². The van der Waals surface area contributed by atoms with Crippen LogP contribution in [0.4, 0.5) is 9.18 Å². The SMILES string of the molecule is COC(=O)C[C@H](NC(=O)N1CCc2[nH]cnc2[C@H]1c1ccc(Br)cc1F)C(=O)OC. The molecule has 3 rings (SSSR count). The number of hydrogen-bond acceptors (Lipinski definition) is 6. The van der Waals surface area contributed by atoms with E-state index in [1.165, 1.54) is 24.4 Å². The summed E-state index contributed by atoms with van der Waals surface area (Å²) >= 11 is 3.22. The van der Waals surface area contributed by atoms with Crippen molar-refractivity contribution in [2.24, 2.45) is 0 Å². The number of carbonyl (C=O) groups is 3. The molecule has 30 heavy (non-hydrogen) atoms. The van der Waals surface area contributed by atoms with Crippen LogP contribution in [0.15, 0.2) is 29.0 Å². The number of urea groups is 1. The first-order valence-corrected chi connectivity index (χ1v) is 9.83. The van der Waals surface area contributed by atoms with Crippen LogP contribution >= 0.6 is 15.9 Å². The largest absolute Gasteiger partial charge is 0.469 e. The fourth-order valence-electron chi connectivity index (χ4n) is 3.35. The Morgan fingerprint density at radius 2 is 2.13 bits per heavy atom. The number of carbonyl (C=O) groups excluding carboxylic acids is 3. The Labute approximate surface area is 180 Å². The van der Waals surface area contributed by atoms with E-state index >= 15 is 0 Å². The number of amides is 2. The minimum absolute atomic E-state index is 0.243. The lowest BCUT2D eigenvalue weighted by molar-refractivity contribution is -0.149. The van der Waals surface area contributed by atoms with Gasteiger partial charge < -0.3 is 24.7 Å². The first kappa shape index (κ1) is 21.8. The number of ether oxygens (including phenoxy) is 2. The molecule has 0 unspecified atom stereocenters. The molecule has 2 amide bonds. The van der Waals surface area contributed by atoms with E-state index in [0.717, 1.165) is 12.8 Å². The van der Waals surface area contributed by atoms with Crippen LogP contribution in [-0.4, -0.2) is 59.6 Å². The molecule has 2 atom stereocenters. The highest BCUT2D eigenvalue weighted by atomic mass is 79.9. The standard InChI is InChI=1S/C19H20BrFN4O5/c1-29-15(26)8-14(18(27)30-2)24-19(28)25-6-5-13-16(23-9-22-13)17(25)11-4-3-10(20)7-12(11)21/h3-4,7,9,14,17H,5-6,8H2,1-2H3,(H,22,23)(H,24,28)/t14-,17+/m0/s1. The molecule has 2 N–H and O–H groups in total. The number of esters is 2. The second-order valence-corrected chi connectivity index (χ2v) is 7.50. The summed E-state index contributed by atoms with van der Waals surface area (Å²) in [4.78, 5) is 45.4. The quantitative estimate of drug-likeness (QED) is 0.630. The molecule has 0 spiro atoms. The van der Waals surface area contributed by atoms with Crippen LogP contribution in [0.3, 0.4) is 0 Å². The molecular weight excluding hydrogens is 463 g/mol. The zero-order valence-electron chi connectivity index (χ0n) is 16.3. The first-order chi connectivity index (χ1) is 14.3. The van der Waals surface area contributed by atoms with Gasteiger partial charge in [0.1, 0.15) is 17.9 Å². The van der Waals surface area contributed by atoms with Gasteiger partial charge in [-0.05, 0) is 12.1 Å². The Morgan fingerprint density at radius 1 is 1.37 bits per heavy atom. The highest BCUT2D eigenvalue weighted by molar-refractivity contribution is 9.10. The molecule has 1 aromatic heterocycles. The summed E-state index contributed by atoms with van der Waals surface area (Å²) in [7, 11) is 2.32. The Morgan fingerprint density at radius 3 is 2.80 bits per heavy atom. The molecule has 0 bridgehead atoms. The lowest BCUT2D eigenvalue weighted by atomic mass is 9.95. The predicted octanol–water partition coefficient (Wildman–Crippen LogP) is 2.07. The number of halogens is 2. The Hall–Kier alpha value is -2.95. The molecule has 11 heteroatoms. The van der Waals surface area contributed by atoms with Crippen molar-refractivity contribution in [3.63, 3.8) is 0 Å². The number of methoxy groups -OCH3 is 2. The van der Waals surface area contributed by atoms with E-state index in [2.05, 4.69) is 40.7 Å². The number of nitrogens with one attached hydrogen (secondary N) is 2. The summed E-state index contributed by atoms with van der Waals surface area (Å²) in [5.41, 5.74) is 1.56. The van der Waals surface area contributed by atoms with Gasteiger partial charge in [0.25, 0.3) is 0 Å². The highest BCUT2D eigenvalue weighted by Gasteiger charge is 2.37. The van der Waals surface area contributed by atoms with Gasteiger partial charge in [0.2, 0.25) is 0 Å². The Kier molecular flexibility index (Phi) is 6.70. The second kappa shape index (κ2) is 9.24. The summed E-state index contributed by atoms with van der Waals surface area (Å²) in [5, 5.41) is 2.50. The Bertz CT molecular complexity index is 966. The van der Waals surface area contributed by atoms with Gasteiger partial charge in [-0.2, -0.15) is 0 Å². The molecule has 9 nitrogen and oxygen atoms in total. The Balaban J connectivity index is 1.93. The fraction of sp³-hybridized carbons (Fsp3) is 0.368.